The minimum Gasteiger partial charge on any atom is -0.478 e. The van der Waals surface area contributed by atoms with Crippen molar-refractivity contribution in [2.24, 2.45) is 5.41 Å². The van der Waals surface area contributed by atoms with Crippen molar-refractivity contribution >= 4 is 11.7 Å². The van der Waals surface area contributed by atoms with Crippen LogP contribution in [0.15, 0.2) is 18.2 Å². The molecule has 0 radical (unpaired) electrons. The van der Waals surface area contributed by atoms with Crippen LogP contribution in [0, 0.1) is 11.2 Å². The molecule has 0 aromatic heterocycles. The molecule has 94 valence electrons. The number of benzene rings is 1. The lowest BCUT2D eigenvalue weighted by molar-refractivity contribution is 0.0697. The molecule has 1 aromatic carbocycles. The summed E-state index contributed by atoms with van der Waals surface area (Å²) in [5.74, 6) is -1.65. The Morgan fingerprint density at radius 1 is 1.41 bits per heavy atom. The van der Waals surface area contributed by atoms with Gasteiger partial charge in [0, 0.05) is 6.54 Å². The lowest BCUT2D eigenvalue weighted by Gasteiger charge is -2.19. The molecule has 0 aliphatic carbocycles. The van der Waals surface area contributed by atoms with E-state index in [9.17, 15) is 9.18 Å². The van der Waals surface area contributed by atoms with E-state index in [1.54, 1.807) is 0 Å². The average molecular weight is 239 g/mol. The van der Waals surface area contributed by atoms with Gasteiger partial charge in [-0.2, -0.15) is 0 Å². The summed E-state index contributed by atoms with van der Waals surface area (Å²) in [7, 11) is 0. The molecule has 0 heterocycles. The normalized spacial score (nSPS) is 11.3. The number of rotatable bonds is 4. The highest BCUT2D eigenvalue weighted by atomic mass is 19.1. The Bertz CT molecular complexity index is 410. The van der Waals surface area contributed by atoms with Crippen LogP contribution >= 0.6 is 0 Å². The lowest BCUT2D eigenvalue weighted by atomic mass is 9.92. The van der Waals surface area contributed by atoms with Crippen LogP contribution in [-0.2, 0) is 0 Å². The quantitative estimate of drug-likeness (QED) is 0.846. The van der Waals surface area contributed by atoms with Crippen molar-refractivity contribution in [1.82, 2.24) is 0 Å². The summed E-state index contributed by atoms with van der Waals surface area (Å²) in [6.07, 6.45) is 0.834. The summed E-state index contributed by atoms with van der Waals surface area (Å²) >= 11 is 0. The molecule has 0 fully saturated rings. The van der Waals surface area contributed by atoms with Crippen LogP contribution in [-0.4, -0.2) is 17.6 Å². The second-order valence-corrected chi connectivity index (χ2v) is 5.20. The number of anilines is 1. The molecule has 1 aromatic rings. The van der Waals surface area contributed by atoms with E-state index < -0.39 is 11.8 Å². The maximum atomic E-state index is 13.5. The van der Waals surface area contributed by atoms with Gasteiger partial charge < -0.3 is 10.4 Å². The summed E-state index contributed by atoms with van der Waals surface area (Å²) in [5, 5.41) is 11.8. The zero-order valence-electron chi connectivity index (χ0n) is 10.4. The maximum absolute atomic E-state index is 13.5. The first-order valence-corrected chi connectivity index (χ1v) is 5.57. The van der Waals surface area contributed by atoms with Gasteiger partial charge in [0.25, 0.3) is 0 Å². The Labute approximate surface area is 101 Å². The van der Waals surface area contributed by atoms with Crippen molar-refractivity contribution in [2.75, 3.05) is 11.9 Å². The molecule has 2 N–H and O–H groups in total. The van der Waals surface area contributed by atoms with E-state index in [0.717, 1.165) is 6.42 Å². The Morgan fingerprint density at radius 2 is 2.06 bits per heavy atom. The van der Waals surface area contributed by atoms with Gasteiger partial charge in [-0.15, -0.1) is 0 Å². The molecule has 1 rings (SSSR count). The zero-order chi connectivity index (χ0) is 13.1. The molecule has 0 aliphatic heterocycles. The molecule has 17 heavy (non-hydrogen) atoms. The fourth-order valence-corrected chi connectivity index (χ4v) is 1.44. The molecule has 0 aliphatic rings. The molecule has 4 heteroatoms. The van der Waals surface area contributed by atoms with Crippen molar-refractivity contribution in [3.8, 4) is 0 Å². The van der Waals surface area contributed by atoms with Gasteiger partial charge in [-0.05, 0) is 24.0 Å². The minimum absolute atomic E-state index is 0.0288. The van der Waals surface area contributed by atoms with E-state index in [0.29, 0.717) is 6.54 Å². The lowest BCUT2D eigenvalue weighted by Crippen LogP contribution is -2.15. The highest BCUT2D eigenvalue weighted by Gasteiger charge is 2.15. The van der Waals surface area contributed by atoms with Crippen LogP contribution in [0.2, 0.25) is 0 Å². The fraction of sp³-hybridized carbons (Fsp3) is 0.462. The number of carbonyl (C=O) groups is 1. The third-order valence-electron chi connectivity index (χ3n) is 2.42. The number of carboxylic acid groups (broad SMARTS) is 1. The molecular formula is C13H18FNO2. The van der Waals surface area contributed by atoms with Crippen molar-refractivity contribution in [2.45, 2.75) is 27.2 Å². The van der Waals surface area contributed by atoms with E-state index in [2.05, 4.69) is 26.1 Å². The van der Waals surface area contributed by atoms with Crippen LogP contribution in [0.4, 0.5) is 10.1 Å². The predicted molar refractivity (Wildman–Crippen MR) is 65.9 cm³/mol. The number of aromatic carboxylic acids is 1. The van der Waals surface area contributed by atoms with Crippen molar-refractivity contribution in [1.29, 1.82) is 0 Å². The van der Waals surface area contributed by atoms with Gasteiger partial charge in [-0.25, -0.2) is 9.18 Å². The van der Waals surface area contributed by atoms with E-state index in [1.165, 1.54) is 18.2 Å². The predicted octanol–water partition coefficient (Wildman–Crippen LogP) is 3.37. The van der Waals surface area contributed by atoms with Crippen molar-refractivity contribution in [3.05, 3.63) is 29.6 Å². The molecular weight excluding hydrogens is 221 g/mol. The number of hydrogen-bond acceptors (Lipinski definition) is 2. The fourth-order valence-electron chi connectivity index (χ4n) is 1.44. The maximum Gasteiger partial charge on any atom is 0.337 e. The van der Waals surface area contributed by atoms with E-state index in [-0.39, 0.29) is 16.7 Å². The first kappa shape index (κ1) is 13.5. The van der Waals surface area contributed by atoms with Gasteiger partial charge in [-0.1, -0.05) is 26.8 Å². The van der Waals surface area contributed by atoms with Gasteiger partial charge in [0.15, 0.2) is 0 Å². The van der Waals surface area contributed by atoms with Gasteiger partial charge in [0.1, 0.15) is 5.82 Å². The number of para-hydroxylation sites is 1. The third-order valence-corrected chi connectivity index (χ3v) is 2.42. The summed E-state index contributed by atoms with van der Waals surface area (Å²) in [6, 6.07) is 4.05. The molecule has 0 amide bonds. The van der Waals surface area contributed by atoms with E-state index in [4.69, 9.17) is 5.11 Å². The Balaban J connectivity index is 2.79. The summed E-state index contributed by atoms with van der Waals surface area (Å²) < 4.78 is 13.5. The molecule has 0 spiro atoms. The second kappa shape index (κ2) is 5.17. The molecule has 0 bridgehead atoms. The van der Waals surface area contributed by atoms with Gasteiger partial charge in [-0.3, -0.25) is 0 Å². The van der Waals surface area contributed by atoms with Gasteiger partial charge in [0.2, 0.25) is 0 Å². The summed E-state index contributed by atoms with van der Waals surface area (Å²) in [5.41, 5.74) is 0.171. The highest BCUT2D eigenvalue weighted by Crippen LogP contribution is 2.22. The number of nitrogens with one attached hydrogen (secondary N) is 1. The summed E-state index contributed by atoms with van der Waals surface area (Å²) in [4.78, 5) is 10.9. The topological polar surface area (TPSA) is 49.3 Å². The van der Waals surface area contributed by atoms with Gasteiger partial charge in [0.05, 0.1) is 11.3 Å². The molecule has 0 atom stereocenters. The van der Waals surface area contributed by atoms with E-state index >= 15 is 0 Å². The number of carboxylic acids is 1. The van der Waals surface area contributed by atoms with Crippen LogP contribution in [0.3, 0.4) is 0 Å². The van der Waals surface area contributed by atoms with Crippen LogP contribution in [0.5, 0.6) is 0 Å². The monoisotopic (exact) mass is 239 g/mol. The van der Waals surface area contributed by atoms with Crippen LogP contribution < -0.4 is 5.32 Å². The largest absolute Gasteiger partial charge is 0.478 e. The van der Waals surface area contributed by atoms with Crippen molar-refractivity contribution in [3.63, 3.8) is 0 Å². The van der Waals surface area contributed by atoms with Crippen molar-refractivity contribution < 1.29 is 14.3 Å². The Morgan fingerprint density at radius 3 is 2.59 bits per heavy atom. The smallest absolute Gasteiger partial charge is 0.337 e. The standard InChI is InChI=1S/C13H18FNO2/c1-13(2,3)7-8-15-11-9(12(16)17)5-4-6-10(11)14/h4-6,15H,7-8H2,1-3H3,(H,16,17). The zero-order valence-corrected chi connectivity index (χ0v) is 10.4. The second-order valence-electron chi connectivity index (χ2n) is 5.20. The average Bonchev–Trinajstić information content (AvgIpc) is 2.18. The highest BCUT2D eigenvalue weighted by molar-refractivity contribution is 5.94. The number of halogens is 1. The minimum atomic E-state index is -1.12. The van der Waals surface area contributed by atoms with Gasteiger partial charge >= 0.3 is 5.97 Å². The SMILES string of the molecule is CC(C)(C)CCNc1c(F)cccc1C(=O)O. The Hall–Kier alpha value is -1.58. The molecule has 0 saturated heterocycles. The first-order valence-electron chi connectivity index (χ1n) is 5.57. The molecule has 3 nitrogen and oxygen atoms in total. The van der Waals surface area contributed by atoms with Crippen LogP contribution in [0.1, 0.15) is 37.6 Å². The van der Waals surface area contributed by atoms with Crippen LogP contribution in [0.25, 0.3) is 0 Å². The first-order chi connectivity index (χ1) is 7.81. The molecule has 0 unspecified atom stereocenters. The number of hydrogen-bond donors (Lipinski definition) is 2. The third kappa shape index (κ3) is 4.06. The van der Waals surface area contributed by atoms with E-state index in [1.807, 2.05) is 0 Å². The molecule has 0 saturated carbocycles. The summed E-state index contributed by atoms with van der Waals surface area (Å²) in [6.45, 7) is 6.78. The Kier molecular flexibility index (Phi) is 4.10.